The SMILES string of the molecule is Cc1ccc(Cl)cc1N1CC[NH+](CC(=O)Nc2c(F)cccc2F)CC1. The lowest BCUT2D eigenvalue weighted by Gasteiger charge is -2.34. The summed E-state index contributed by atoms with van der Waals surface area (Å²) in [5.74, 6) is -1.93. The molecule has 0 saturated carbocycles. The molecule has 1 aliphatic heterocycles. The van der Waals surface area contributed by atoms with Gasteiger partial charge in [-0.3, -0.25) is 4.79 Å². The minimum atomic E-state index is -0.769. The molecule has 4 nitrogen and oxygen atoms in total. The van der Waals surface area contributed by atoms with Crippen molar-refractivity contribution in [2.75, 3.05) is 42.9 Å². The Balaban J connectivity index is 1.55. The van der Waals surface area contributed by atoms with E-state index < -0.39 is 17.5 Å². The first-order valence-corrected chi connectivity index (χ1v) is 8.90. The fraction of sp³-hybridized carbons (Fsp3) is 0.316. The number of hydrogen-bond donors (Lipinski definition) is 2. The van der Waals surface area contributed by atoms with E-state index in [1.807, 2.05) is 25.1 Å². The van der Waals surface area contributed by atoms with E-state index >= 15 is 0 Å². The van der Waals surface area contributed by atoms with Crippen molar-refractivity contribution in [2.24, 2.45) is 0 Å². The number of nitrogens with zero attached hydrogens (tertiary/aromatic N) is 1. The highest BCUT2D eigenvalue weighted by molar-refractivity contribution is 6.30. The van der Waals surface area contributed by atoms with Crippen molar-refractivity contribution in [3.05, 3.63) is 58.6 Å². The van der Waals surface area contributed by atoms with Gasteiger partial charge in [-0.25, -0.2) is 8.78 Å². The van der Waals surface area contributed by atoms with Crippen LogP contribution in [0.3, 0.4) is 0 Å². The van der Waals surface area contributed by atoms with Gasteiger partial charge in [-0.05, 0) is 36.8 Å². The highest BCUT2D eigenvalue weighted by atomic mass is 35.5. The Morgan fingerprint density at radius 3 is 2.50 bits per heavy atom. The molecule has 1 saturated heterocycles. The Labute approximate surface area is 156 Å². The number of nitrogens with one attached hydrogen (secondary N) is 2. The zero-order chi connectivity index (χ0) is 18.7. The Morgan fingerprint density at radius 1 is 1.19 bits per heavy atom. The molecule has 1 heterocycles. The van der Waals surface area contributed by atoms with Crippen molar-refractivity contribution in [1.29, 1.82) is 0 Å². The summed E-state index contributed by atoms with van der Waals surface area (Å²) in [6, 6.07) is 9.33. The number of piperazine rings is 1. The molecule has 0 aromatic heterocycles. The van der Waals surface area contributed by atoms with E-state index in [9.17, 15) is 13.6 Å². The molecule has 0 unspecified atom stereocenters. The summed E-state index contributed by atoms with van der Waals surface area (Å²) in [5.41, 5.74) is 1.88. The van der Waals surface area contributed by atoms with E-state index in [0.717, 1.165) is 54.5 Å². The summed E-state index contributed by atoms with van der Waals surface area (Å²) in [6.07, 6.45) is 0. The number of aryl methyl sites for hydroxylation is 1. The van der Waals surface area contributed by atoms with E-state index in [0.29, 0.717) is 5.02 Å². The Hall–Kier alpha value is -2.18. The first kappa shape index (κ1) is 18.6. The summed E-state index contributed by atoms with van der Waals surface area (Å²) in [5, 5.41) is 3.05. The average molecular weight is 381 g/mol. The van der Waals surface area contributed by atoms with E-state index in [-0.39, 0.29) is 12.2 Å². The maximum atomic E-state index is 13.6. The molecule has 138 valence electrons. The summed E-state index contributed by atoms with van der Waals surface area (Å²) < 4.78 is 27.2. The molecule has 2 aromatic carbocycles. The second-order valence-electron chi connectivity index (χ2n) is 6.49. The third-order valence-corrected chi connectivity index (χ3v) is 4.86. The maximum Gasteiger partial charge on any atom is 0.279 e. The molecule has 0 spiro atoms. The van der Waals surface area contributed by atoms with E-state index in [1.165, 1.54) is 6.07 Å². The van der Waals surface area contributed by atoms with Crippen LogP contribution in [0.2, 0.25) is 5.02 Å². The van der Waals surface area contributed by atoms with E-state index in [1.54, 1.807) is 0 Å². The molecule has 1 amide bonds. The quantitative estimate of drug-likeness (QED) is 0.853. The zero-order valence-corrected chi connectivity index (χ0v) is 15.2. The molecular weight excluding hydrogens is 360 g/mol. The molecule has 2 aromatic rings. The van der Waals surface area contributed by atoms with Crippen LogP contribution in [0.4, 0.5) is 20.2 Å². The van der Waals surface area contributed by atoms with Crippen LogP contribution in [0.1, 0.15) is 5.56 Å². The molecule has 0 bridgehead atoms. The lowest BCUT2D eigenvalue weighted by Crippen LogP contribution is -3.15. The Kier molecular flexibility index (Phi) is 5.74. The molecule has 1 fully saturated rings. The normalized spacial score (nSPS) is 15.2. The number of rotatable bonds is 4. The molecule has 0 aliphatic carbocycles. The number of halogens is 3. The van der Waals surface area contributed by atoms with Gasteiger partial charge in [-0.15, -0.1) is 0 Å². The average Bonchev–Trinajstić information content (AvgIpc) is 2.61. The number of amides is 1. The van der Waals surface area contributed by atoms with Crippen molar-refractivity contribution in [3.8, 4) is 0 Å². The van der Waals surface area contributed by atoms with Gasteiger partial charge < -0.3 is 15.1 Å². The van der Waals surface area contributed by atoms with Gasteiger partial charge in [0.1, 0.15) is 17.3 Å². The van der Waals surface area contributed by atoms with Gasteiger partial charge in [-0.2, -0.15) is 0 Å². The zero-order valence-electron chi connectivity index (χ0n) is 14.5. The van der Waals surface area contributed by atoms with Crippen LogP contribution in [0.15, 0.2) is 36.4 Å². The summed E-state index contributed by atoms with van der Waals surface area (Å²) in [4.78, 5) is 15.5. The van der Waals surface area contributed by atoms with Crippen LogP contribution in [0, 0.1) is 18.6 Å². The standard InChI is InChI=1S/C19H20ClF2N3O/c1-13-5-6-14(20)11-17(13)25-9-7-24(8-10-25)12-18(26)23-19-15(21)3-2-4-16(19)22/h2-6,11H,7-10,12H2,1H3,(H,23,26)/p+1. The largest absolute Gasteiger partial charge is 0.360 e. The number of benzene rings is 2. The van der Waals surface area contributed by atoms with Crippen LogP contribution >= 0.6 is 11.6 Å². The van der Waals surface area contributed by atoms with Crippen molar-refractivity contribution in [3.63, 3.8) is 0 Å². The minimum absolute atomic E-state index is 0.177. The van der Waals surface area contributed by atoms with Gasteiger partial charge in [0.15, 0.2) is 6.54 Å². The van der Waals surface area contributed by atoms with E-state index in [2.05, 4.69) is 10.2 Å². The van der Waals surface area contributed by atoms with Crippen LogP contribution < -0.4 is 15.1 Å². The molecular formula is C19H21ClF2N3O+. The fourth-order valence-electron chi connectivity index (χ4n) is 3.19. The van der Waals surface area contributed by atoms with Gasteiger partial charge in [0, 0.05) is 10.7 Å². The lowest BCUT2D eigenvalue weighted by molar-refractivity contribution is -0.892. The van der Waals surface area contributed by atoms with Crippen LogP contribution in [0.5, 0.6) is 0 Å². The Bertz CT molecular complexity index is 787. The maximum absolute atomic E-state index is 13.6. The summed E-state index contributed by atoms with van der Waals surface area (Å²) >= 11 is 6.09. The van der Waals surface area contributed by atoms with Gasteiger partial charge in [0.25, 0.3) is 5.91 Å². The highest BCUT2D eigenvalue weighted by Crippen LogP contribution is 2.24. The number of carbonyl (C=O) groups is 1. The van der Waals surface area contributed by atoms with Gasteiger partial charge >= 0.3 is 0 Å². The predicted molar refractivity (Wildman–Crippen MR) is 99.0 cm³/mol. The molecule has 0 radical (unpaired) electrons. The number of quaternary nitrogens is 1. The van der Waals surface area contributed by atoms with Crippen LogP contribution in [-0.4, -0.2) is 38.6 Å². The van der Waals surface area contributed by atoms with Crippen molar-refractivity contribution in [1.82, 2.24) is 0 Å². The molecule has 7 heteroatoms. The molecule has 3 rings (SSSR count). The monoisotopic (exact) mass is 380 g/mol. The first-order chi connectivity index (χ1) is 12.4. The topological polar surface area (TPSA) is 36.8 Å². The number of para-hydroxylation sites is 1. The summed E-state index contributed by atoms with van der Waals surface area (Å²) in [6.45, 7) is 5.32. The van der Waals surface area contributed by atoms with E-state index in [4.69, 9.17) is 11.6 Å². The lowest BCUT2D eigenvalue weighted by atomic mass is 10.1. The Morgan fingerprint density at radius 2 is 1.85 bits per heavy atom. The minimum Gasteiger partial charge on any atom is -0.360 e. The smallest absolute Gasteiger partial charge is 0.279 e. The highest BCUT2D eigenvalue weighted by Gasteiger charge is 2.24. The summed E-state index contributed by atoms with van der Waals surface area (Å²) in [7, 11) is 0. The first-order valence-electron chi connectivity index (χ1n) is 8.52. The van der Waals surface area contributed by atoms with Gasteiger partial charge in [0.2, 0.25) is 0 Å². The number of hydrogen-bond acceptors (Lipinski definition) is 2. The second-order valence-corrected chi connectivity index (χ2v) is 6.93. The number of anilines is 2. The van der Waals surface area contributed by atoms with Crippen LogP contribution in [0.25, 0.3) is 0 Å². The third kappa shape index (κ3) is 4.31. The second kappa shape index (κ2) is 8.01. The van der Waals surface area contributed by atoms with Gasteiger partial charge in [0.05, 0.1) is 26.2 Å². The fourth-order valence-corrected chi connectivity index (χ4v) is 3.36. The predicted octanol–water partition coefficient (Wildman–Crippen LogP) is 2.27. The van der Waals surface area contributed by atoms with Crippen molar-refractivity contribution in [2.45, 2.75) is 6.92 Å². The van der Waals surface area contributed by atoms with Crippen molar-refractivity contribution < 1.29 is 18.5 Å². The van der Waals surface area contributed by atoms with Crippen LogP contribution in [-0.2, 0) is 4.79 Å². The van der Waals surface area contributed by atoms with Crippen molar-refractivity contribution >= 4 is 28.9 Å². The van der Waals surface area contributed by atoms with Gasteiger partial charge in [-0.1, -0.05) is 23.7 Å². The third-order valence-electron chi connectivity index (χ3n) is 4.62. The molecule has 0 atom stereocenters. The molecule has 1 aliphatic rings. The number of carbonyl (C=O) groups excluding carboxylic acids is 1. The molecule has 2 N–H and O–H groups in total. The molecule has 26 heavy (non-hydrogen) atoms.